The van der Waals surface area contributed by atoms with E-state index in [1.165, 1.54) is 10.4 Å². The maximum atomic E-state index is 8.54. The highest BCUT2D eigenvalue weighted by Gasteiger charge is 2.11. The molecule has 0 saturated heterocycles. The number of hydrogen-bond donors (Lipinski definition) is 0. The van der Waals surface area contributed by atoms with E-state index in [9.17, 15) is 0 Å². The molecule has 2 heterocycles. The molecule has 4 aromatic rings. The summed E-state index contributed by atoms with van der Waals surface area (Å²) in [5, 5.41) is 3.63. The molecule has 2 aromatic heterocycles. The molecule has 0 fully saturated rings. The first-order chi connectivity index (χ1) is 12.3. The predicted molar refractivity (Wildman–Crippen MR) is 99.3 cm³/mol. The van der Waals surface area contributed by atoms with Gasteiger partial charge < -0.3 is 4.74 Å². The van der Waals surface area contributed by atoms with Crippen LogP contribution >= 0.6 is 11.3 Å². The number of benzene rings is 2. The minimum absolute atomic E-state index is 0.263. The number of aryl methyl sites for hydroxylation is 1. The SMILES string of the molecule is CCc1cnc2sc3ccc(Oc4ccccc4CN=[N+]=[N-])cc3n12. The van der Waals surface area contributed by atoms with E-state index in [0.29, 0.717) is 5.75 Å². The molecular weight excluding hydrogens is 334 g/mol. The van der Waals surface area contributed by atoms with Gasteiger partial charge in [0.15, 0.2) is 4.96 Å². The van der Waals surface area contributed by atoms with Crippen molar-refractivity contribution in [1.29, 1.82) is 0 Å². The van der Waals surface area contributed by atoms with E-state index >= 15 is 0 Å². The Morgan fingerprint density at radius 3 is 3.00 bits per heavy atom. The minimum atomic E-state index is 0.263. The summed E-state index contributed by atoms with van der Waals surface area (Å²) in [5.74, 6) is 1.44. The van der Waals surface area contributed by atoms with Crippen LogP contribution in [-0.2, 0) is 13.0 Å². The zero-order chi connectivity index (χ0) is 17.2. The maximum absolute atomic E-state index is 8.54. The summed E-state index contributed by atoms with van der Waals surface area (Å²) in [6.07, 6.45) is 2.85. The standard InChI is InChI=1S/C18H15N5OS/c1-2-13-11-20-18-23(13)15-9-14(7-8-17(15)25-18)24-16-6-4-3-5-12(16)10-21-22-19/h3-9,11H,2,10H2,1H3. The number of thiazole rings is 1. The number of azide groups is 1. The second-order valence-electron chi connectivity index (χ2n) is 5.55. The molecule has 124 valence electrons. The highest BCUT2D eigenvalue weighted by molar-refractivity contribution is 7.23. The Balaban J connectivity index is 1.76. The van der Waals surface area contributed by atoms with Gasteiger partial charge in [-0.25, -0.2) is 4.98 Å². The number of nitrogens with zero attached hydrogens (tertiary/aromatic N) is 5. The van der Waals surface area contributed by atoms with Crippen molar-refractivity contribution in [1.82, 2.24) is 9.38 Å². The third kappa shape index (κ3) is 2.80. The fourth-order valence-corrected chi connectivity index (χ4v) is 3.84. The Morgan fingerprint density at radius 1 is 1.28 bits per heavy atom. The third-order valence-corrected chi connectivity index (χ3v) is 5.08. The number of fused-ring (bicyclic) bond motifs is 3. The lowest BCUT2D eigenvalue weighted by Gasteiger charge is -2.10. The average Bonchev–Trinajstić information content (AvgIpc) is 3.20. The normalized spacial score (nSPS) is 10.9. The van der Waals surface area contributed by atoms with Gasteiger partial charge in [-0.15, -0.1) is 0 Å². The third-order valence-electron chi connectivity index (χ3n) is 4.04. The summed E-state index contributed by atoms with van der Waals surface area (Å²) in [7, 11) is 0. The molecule has 0 saturated carbocycles. The smallest absolute Gasteiger partial charge is 0.194 e. The minimum Gasteiger partial charge on any atom is -0.457 e. The van der Waals surface area contributed by atoms with E-state index in [0.717, 1.165) is 28.2 Å². The first kappa shape index (κ1) is 15.5. The molecule has 0 radical (unpaired) electrons. The van der Waals surface area contributed by atoms with Crippen LogP contribution in [0.5, 0.6) is 11.5 Å². The van der Waals surface area contributed by atoms with Crippen molar-refractivity contribution in [2.24, 2.45) is 5.11 Å². The summed E-state index contributed by atoms with van der Waals surface area (Å²) in [5.41, 5.74) is 11.7. The number of hydrogen-bond acceptors (Lipinski definition) is 4. The van der Waals surface area contributed by atoms with Crippen molar-refractivity contribution in [3.63, 3.8) is 0 Å². The van der Waals surface area contributed by atoms with E-state index < -0.39 is 0 Å². The number of ether oxygens (including phenoxy) is 1. The van der Waals surface area contributed by atoms with Gasteiger partial charge in [-0.1, -0.05) is 41.6 Å². The Hall–Kier alpha value is -3.02. The predicted octanol–water partition coefficient (Wildman–Crippen LogP) is 5.71. The second kappa shape index (κ2) is 6.47. The summed E-state index contributed by atoms with van der Waals surface area (Å²) in [6, 6.07) is 13.6. The molecule has 0 aliphatic heterocycles. The lowest BCUT2D eigenvalue weighted by molar-refractivity contribution is 0.477. The van der Waals surface area contributed by atoms with Crippen molar-refractivity contribution in [2.45, 2.75) is 19.9 Å². The molecule has 0 N–H and O–H groups in total. The molecule has 6 nitrogen and oxygen atoms in total. The van der Waals surface area contributed by atoms with Crippen LogP contribution in [0.3, 0.4) is 0 Å². The zero-order valence-corrected chi connectivity index (χ0v) is 14.4. The van der Waals surface area contributed by atoms with Gasteiger partial charge in [0, 0.05) is 22.2 Å². The highest BCUT2D eigenvalue weighted by Crippen LogP contribution is 2.33. The van der Waals surface area contributed by atoms with Gasteiger partial charge in [-0.2, -0.15) is 0 Å². The molecule has 0 aliphatic rings. The van der Waals surface area contributed by atoms with Gasteiger partial charge in [0.25, 0.3) is 0 Å². The highest BCUT2D eigenvalue weighted by atomic mass is 32.1. The maximum Gasteiger partial charge on any atom is 0.194 e. The lowest BCUT2D eigenvalue weighted by Crippen LogP contribution is -1.92. The van der Waals surface area contributed by atoms with Crippen molar-refractivity contribution >= 4 is 26.5 Å². The molecule has 0 spiro atoms. The van der Waals surface area contributed by atoms with Crippen LogP contribution in [-0.4, -0.2) is 9.38 Å². The van der Waals surface area contributed by atoms with E-state index in [1.54, 1.807) is 11.3 Å². The van der Waals surface area contributed by atoms with Crippen LogP contribution in [0, 0.1) is 0 Å². The van der Waals surface area contributed by atoms with Crippen molar-refractivity contribution < 1.29 is 4.74 Å². The molecule has 0 bridgehead atoms. The van der Waals surface area contributed by atoms with Gasteiger partial charge in [-0.05, 0) is 30.2 Å². The van der Waals surface area contributed by atoms with Crippen LogP contribution in [0.2, 0.25) is 0 Å². The summed E-state index contributed by atoms with van der Waals surface area (Å²) in [6.45, 7) is 2.39. The summed E-state index contributed by atoms with van der Waals surface area (Å²) in [4.78, 5) is 8.30. The molecular formula is C18H15N5OS. The summed E-state index contributed by atoms with van der Waals surface area (Å²) < 4.78 is 9.42. The van der Waals surface area contributed by atoms with Crippen LogP contribution in [0.25, 0.3) is 25.6 Å². The van der Waals surface area contributed by atoms with Crippen LogP contribution in [0.4, 0.5) is 0 Å². The summed E-state index contributed by atoms with van der Waals surface area (Å²) >= 11 is 1.67. The molecule has 0 atom stereocenters. The van der Waals surface area contributed by atoms with E-state index in [2.05, 4.69) is 32.4 Å². The van der Waals surface area contributed by atoms with Crippen molar-refractivity contribution in [2.75, 3.05) is 0 Å². The van der Waals surface area contributed by atoms with Gasteiger partial charge in [0.05, 0.1) is 23.0 Å². The van der Waals surface area contributed by atoms with Gasteiger partial charge in [0.1, 0.15) is 11.5 Å². The van der Waals surface area contributed by atoms with Crippen LogP contribution < -0.4 is 4.74 Å². The Bertz CT molecular complexity index is 1110. The first-order valence-electron chi connectivity index (χ1n) is 7.95. The number of imidazole rings is 1. The quantitative estimate of drug-likeness (QED) is 0.263. The number of rotatable bonds is 5. The Labute approximate surface area is 147 Å². The molecule has 0 aliphatic carbocycles. The van der Waals surface area contributed by atoms with E-state index in [-0.39, 0.29) is 6.54 Å². The second-order valence-corrected chi connectivity index (χ2v) is 6.56. The molecule has 2 aromatic carbocycles. The van der Waals surface area contributed by atoms with Crippen LogP contribution in [0.15, 0.2) is 53.8 Å². The van der Waals surface area contributed by atoms with E-state index in [1.807, 2.05) is 42.6 Å². The fraction of sp³-hybridized carbons (Fsp3) is 0.167. The van der Waals surface area contributed by atoms with Gasteiger partial charge in [0.2, 0.25) is 0 Å². The fourth-order valence-electron chi connectivity index (χ4n) is 2.84. The lowest BCUT2D eigenvalue weighted by atomic mass is 10.2. The van der Waals surface area contributed by atoms with Gasteiger partial charge >= 0.3 is 0 Å². The monoisotopic (exact) mass is 349 g/mol. The molecule has 0 unspecified atom stereocenters. The number of aromatic nitrogens is 2. The first-order valence-corrected chi connectivity index (χ1v) is 8.77. The average molecular weight is 349 g/mol. The molecule has 25 heavy (non-hydrogen) atoms. The van der Waals surface area contributed by atoms with Crippen molar-refractivity contribution in [3.8, 4) is 11.5 Å². The molecule has 7 heteroatoms. The van der Waals surface area contributed by atoms with Gasteiger partial charge in [-0.3, -0.25) is 4.40 Å². The molecule has 4 rings (SSSR count). The van der Waals surface area contributed by atoms with E-state index in [4.69, 9.17) is 10.3 Å². The number of para-hydroxylation sites is 1. The van der Waals surface area contributed by atoms with Crippen LogP contribution in [0.1, 0.15) is 18.2 Å². The molecule has 0 amide bonds. The zero-order valence-electron chi connectivity index (χ0n) is 13.6. The largest absolute Gasteiger partial charge is 0.457 e. The Kier molecular flexibility index (Phi) is 4.01. The topological polar surface area (TPSA) is 75.3 Å². The van der Waals surface area contributed by atoms with Crippen molar-refractivity contribution in [3.05, 3.63) is 70.4 Å². The Morgan fingerprint density at radius 2 is 2.16 bits per heavy atom.